The van der Waals surface area contributed by atoms with Crippen molar-refractivity contribution in [3.05, 3.63) is 23.9 Å². The van der Waals surface area contributed by atoms with Crippen LogP contribution in [0, 0.1) is 11.8 Å². The first-order valence-electron chi connectivity index (χ1n) is 6.94. The van der Waals surface area contributed by atoms with Crippen LogP contribution in [0.3, 0.4) is 0 Å². The molecule has 0 aromatic carbocycles. The first-order chi connectivity index (χ1) is 8.72. The fourth-order valence-electron chi connectivity index (χ4n) is 3.40. The average Bonchev–Trinajstić information content (AvgIpc) is 2.38. The van der Waals surface area contributed by atoms with E-state index in [1.165, 1.54) is 25.7 Å². The molecular weight excluding hydrogens is 224 g/mol. The Balaban J connectivity index is 1.76. The highest BCUT2D eigenvalue weighted by molar-refractivity contribution is 5.93. The zero-order valence-electron chi connectivity index (χ0n) is 10.9. The molecule has 3 rings (SSSR count). The van der Waals surface area contributed by atoms with Gasteiger partial charge in [-0.2, -0.15) is 0 Å². The lowest BCUT2D eigenvalue weighted by Gasteiger charge is -2.42. The van der Waals surface area contributed by atoms with E-state index in [1.807, 2.05) is 12.1 Å². The molecule has 0 spiro atoms. The minimum absolute atomic E-state index is 0.0876. The fourth-order valence-corrected chi connectivity index (χ4v) is 3.40. The van der Waals surface area contributed by atoms with Gasteiger partial charge in [-0.15, -0.1) is 0 Å². The molecule has 3 heteroatoms. The quantitative estimate of drug-likeness (QED) is 0.750. The summed E-state index contributed by atoms with van der Waals surface area (Å²) in [6, 6.07) is 3.90. The number of pyridine rings is 1. The first kappa shape index (κ1) is 11.7. The fraction of sp³-hybridized carbons (Fsp3) is 0.600. The van der Waals surface area contributed by atoms with Crippen LogP contribution in [0.5, 0.6) is 0 Å². The van der Waals surface area contributed by atoms with Crippen molar-refractivity contribution in [3.63, 3.8) is 0 Å². The highest BCUT2D eigenvalue weighted by atomic mass is 16.1. The van der Waals surface area contributed by atoms with E-state index in [-0.39, 0.29) is 5.78 Å². The summed E-state index contributed by atoms with van der Waals surface area (Å²) in [7, 11) is 0. The van der Waals surface area contributed by atoms with Crippen LogP contribution in [0.2, 0.25) is 0 Å². The van der Waals surface area contributed by atoms with Gasteiger partial charge in [0.15, 0.2) is 5.78 Å². The van der Waals surface area contributed by atoms with Crippen molar-refractivity contribution in [2.75, 3.05) is 18.0 Å². The maximum Gasteiger partial charge on any atom is 0.161 e. The molecule has 0 radical (unpaired) electrons. The number of nitrogens with zero attached hydrogens (tertiary/aromatic N) is 2. The molecule has 1 aliphatic carbocycles. The molecule has 1 saturated carbocycles. The molecule has 1 aromatic rings. The summed E-state index contributed by atoms with van der Waals surface area (Å²) in [5.74, 6) is 2.83. The van der Waals surface area contributed by atoms with E-state index in [0.717, 1.165) is 30.7 Å². The van der Waals surface area contributed by atoms with Crippen molar-refractivity contribution in [1.29, 1.82) is 0 Å². The van der Waals surface area contributed by atoms with E-state index in [2.05, 4.69) is 9.88 Å². The van der Waals surface area contributed by atoms with Crippen LogP contribution in [0.15, 0.2) is 18.3 Å². The molecule has 2 bridgehead atoms. The summed E-state index contributed by atoms with van der Waals surface area (Å²) in [5, 5.41) is 0. The number of hydrogen-bond donors (Lipinski definition) is 0. The second-order valence-electron chi connectivity index (χ2n) is 5.76. The number of fused-ring (bicyclic) bond motifs is 2. The Morgan fingerprint density at radius 2 is 2.00 bits per heavy atom. The summed E-state index contributed by atoms with van der Waals surface area (Å²) in [4.78, 5) is 18.1. The monoisotopic (exact) mass is 244 g/mol. The lowest BCUT2D eigenvalue weighted by atomic mass is 9.78. The van der Waals surface area contributed by atoms with Crippen molar-refractivity contribution in [2.24, 2.45) is 11.8 Å². The number of anilines is 1. The SMILES string of the molecule is CC(=O)c1ccc(N2CC3CCCC(C3)C2)nc1. The van der Waals surface area contributed by atoms with Gasteiger partial charge >= 0.3 is 0 Å². The van der Waals surface area contributed by atoms with Crippen LogP contribution in [0.1, 0.15) is 43.0 Å². The number of hydrogen-bond acceptors (Lipinski definition) is 3. The number of carbonyl (C=O) groups is 1. The predicted octanol–water partition coefficient (Wildman–Crippen LogP) is 2.91. The third-order valence-corrected chi connectivity index (χ3v) is 4.33. The zero-order chi connectivity index (χ0) is 12.5. The number of ketones is 1. The van der Waals surface area contributed by atoms with Crippen molar-refractivity contribution in [1.82, 2.24) is 4.98 Å². The molecule has 1 aromatic heterocycles. The molecule has 0 N–H and O–H groups in total. The van der Waals surface area contributed by atoms with Crippen LogP contribution in [-0.2, 0) is 0 Å². The second kappa shape index (κ2) is 4.71. The Hall–Kier alpha value is -1.38. The molecular formula is C15H20N2O. The number of Topliss-reactive ketones (excluding diaryl/α,β-unsaturated/α-hetero) is 1. The molecule has 2 aliphatic rings. The highest BCUT2D eigenvalue weighted by Gasteiger charge is 2.30. The van der Waals surface area contributed by atoms with Gasteiger partial charge < -0.3 is 4.90 Å². The van der Waals surface area contributed by atoms with Gasteiger partial charge in [-0.3, -0.25) is 4.79 Å². The van der Waals surface area contributed by atoms with Gasteiger partial charge in [0.2, 0.25) is 0 Å². The third-order valence-electron chi connectivity index (χ3n) is 4.33. The number of piperidine rings is 1. The molecule has 96 valence electrons. The third kappa shape index (κ3) is 2.26. The Morgan fingerprint density at radius 1 is 1.28 bits per heavy atom. The lowest BCUT2D eigenvalue weighted by Crippen LogP contribution is -2.43. The van der Waals surface area contributed by atoms with E-state index in [0.29, 0.717) is 5.56 Å². The van der Waals surface area contributed by atoms with Crippen molar-refractivity contribution in [3.8, 4) is 0 Å². The van der Waals surface area contributed by atoms with Gasteiger partial charge in [-0.25, -0.2) is 4.98 Å². The topological polar surface area (TPSA) is 33.2 Å². The largest absolute Gasteiger partial charge is 0.356 e. The van der Waals surface area contributed by atoms with E-state index < -0.39 is 0 Å². The number of carbonyl (C=O) groups excluding carboxylic acids is 1. The Labute approximate surface area is 108 Å². The molecule has 1 aliphatic heterocycles. The van der Waals surface area contributed by atoms with Crippen molar-refractivity contribution in [2.45, 2.75) is 32.6 Å². The summed E-state index contributed by atoms with van der Waals surface area (Å²) in [6.07, 6.45) is 7.26. The van der Waals surface area contributed by atoms with Crippen LogP contribution in [-0.4, -0.2) is 23.9 Å². The number of aromatic nitrogens is 1. The molecule has 2 fully saturated rings. The first-order valence-corrected chi connectivity index (χ1v) is 6.94. The lowest BCUT2D eigenvalue weighted by molar-refractivity contribution is 0.101. The van der Waals surface area contributed by atoms with Gasteiger partial charge in [0.1, 0.15) is 5.82 Å². The van der Waals surface area contributed by atoms with E-state index in [1.54, 1.807) is 13.1 Å². The van der Waals surface area contributed by atoms with Gasteiger partial charge in [0.25, 0.3) is 0 Å². The Bertz CT molecular complexity index is 428. The molecule has 18 heavy (non-hydrogen) atoms. The second-order valence-corrected chi connectivity index (χ2v) is 5.76. The van der Waals surface area contributed by atoms with Crippen molar-refractivity contribution >= 4 is 11.6 Å². The summed E-state index contributed by atoms with van der Waals surface area (Å²) >= 11 is 0. The van der Waals surface area contributed by atoms with Gasteiger partial charge in [0.05, 0.1) is 0 Å². The average molecular weight is 244 g/mol. The van der Waals surface area contributed by atoms with Gasteiger partial charge in [-0.05, 0) is 50.2 Å². The molecule has 2 heterocycles. The molecule has 1 saturated heterocycles. The zero-order valence-corrected chi connectivity index (χ0v) is 10.9. The van der Waals surface area contributed by atoms with E-state index in [9.17, 15) is 4.79 Å². The minimum Gasteiger partial charge on any atom is -0.356 e. The predicted molar refractivity (Wildman–Crippen MR) is 71.9 cm³/mol. The summed E-state index contributed by atoms with van der Waals surface area (Å²) in [5.41, 5.74) is 0.705. The Morgan fingerprint density at radius 3 is 2.56 bits per heavy atom. The molecule has 2 atom stereocenters. The summed E-state index contributed by atoms with van der Waals surface area (Å²) in [6.45, 7) is 3.87. The van der Waals surface area contributed by atoms with Crippen molar-refractivity contribution < 1.29 is 4.79 Å². The van der Waals surface area contributed by atoms with E-state index in [4.69, 9.17) is 0 Å². The minimum atomic E-state index is 0.0876. The maximum atomic E-state index is 11.2. The van der Waals surface area contributed by atoms with Gasteiger partial charge in [0, 0.05) is 24.8 Å². The van der Waals surface area contributed by atoms with Gasteiger partial charge in [-0.1, -0.05) is 6.42 Å². The van der Waals surface area contributed by atoms with Crippen LogP contribution >= 0.6 is 0 Å². The number of rotatable bonds is 2. The normalized spacial score (nSPS) is 27.1. The van der Waals surface area contributed by atoms with Crippen LogP contribution < -0.4 is 4.90 Å². The molecule has 2 unspecified atom stereocenters. The van der Waals surface area contributed by atoms with Crippen LogP contribution in [0.25, 0.3) is 0 Å². The standard InChI is InChI=1S/C15H20N2O/c1-11(18)14-5-6-15(16-8-14)17-9-12-3-2-4-13(7-12)10-17/h5-6,8,12-13H,2-4,7,9-10H2,1H3. The summed E-state index contributed by atoms with van der Waals surface area (Å²) < 4.78 is 0. The molecule has 0 amide bonds. The maximum absolute atomic E-state index is 11.2. The van der Waals surface area contributed by atoms with Crippen LogP contribution in [0.4, 0.5) is 5.82 Å². The Kier molecular flexibility index (Phi) is 3.06. The highest BCUT2D eigenvalue weighted by Crippen LogP contribution is 2.35. The van der Waals surface area contributed by atoms with E-state index >= 15 is 0 Å². The molecule has 3 nitrogen and oxygen atoms in total. The smallest absolute Gasteiger partial charge is 0.161 e.